The van der Waals surface area contributed by atoms with Crippen LogP contribution in [0.5, 0.6) is 0 Å². The summed E-state index contributed by atoms with van der Waals surface area (Å²) in [5.41, 5.74) is 0.712. The van der Waals surface area contributed by atoms with Crippen molar-refractivity contribution in [3.05, 3.63) is 23.9 Å². The number of anilines is 1. The molecule has 0 aromatic carbocycles. The molecule has 1 aromatic rings. The van der Waals surface area contributed by atoms with Gasteiger partial charge in [-0.05, 0) is 44.9 Å². The highest BCUT2D eigenvalue weighted by Gasteiger charge is 2.27. The highest BCUT2D eigenvalue weighted by molar-refractivity contribution is 5.95. The van der Waals surface area contributed by atoms with Gasteiger partial charge in [-0.1, -0.05) is 0 Å². The topological polar surface area (TPSA) is 59.9 Å². The van der Waals surface area contributed by atoms with Crippen molar-refractivity contribution in [1.82, 2.24) is 14.8 Å². The summed E-state index contributed by atoms with van der Waals surface area (Å²) in [5.74, 6) is 0.968. The second-order valence-corrected chi connectivity index (χ2v) is 6.85. The van der Waals surface area contributed by atoms with Gasteiger partial charge < -0.3 is 19.8 Å². The van der Waals surface area contributed by atoms with Gasteiger partial charge in [-0.3, -0.25) is 4.79 Å². The molecule has 2 fully saturated rings. The Morgan fingerprint density at radius 1 is 1.25 bits per heavy atom. The van der Waals surface area contributed by atoms with Crippen LogP contribution < -0.4 is 4.90 Å². The predicted molar refractivity (Wildman–Crippen MR) is 94.3 cm³/mol. The second-order valence-electron chi connectivity index (χ2n) is 6.85. The molecule has 0 aliphatic carbocycles. The van der Waals surface area contributed by atoms with Crippen LogP contribution in [-0.2, 0) is 0 Å². The Labute approximate surface area is 144 Å². The van der Waals surface area contributed by atoms with Crippen LogP contribution in [0.1, 0.15) is 36.0 Å². The number of carbonyl (C=O) groups is 1. The minimum Gasteiger partial charge on any atom is -0.396 e. The molecule has 6 heteroatoms. The van der Waals surface area contributed by atoms with Crippen LogP contribution >= 0.6 is 0 Å². The van der Waals surface area contributed by atoms with E-state index in [0.29, 0.717) is 12.0 Å². The molecule has 24 heavy (non-hydrogen) atoms. The van der Waals surface area contributed by atoms with Crippen molar-refractivity contribution in [2.75, 3.05) is 51.3 Å². The van der Waals surface area contributed by atoms with Gasteiger partial charge in [-0.15, -0.1) is 0 Å². The molecule has 1 atom stereocenters. The molecule has 0 saturated carbocycles. The van der Waals surface area contributed by atoms with Crippen molar-refractivity contribution in [1.29, 1.82) is 0 Å². The Morgan fingerprint density at radius 2 is 2.04 bits per heavy atom. The van der Waals surface area contributed by atoms with Gasteiger partial charge in [0.2, 0.25) is 0 Å². The Hall–Kier alpha value is -1.66. The Bertz CT molecular complexity index is 556. The van der Waals surface area contributed by atoms with Gasteiger partial charge in [0.1, 0.15) is 5.82 Å². The van der Waals surface area contributed by atoms with E-state index in [9.17, 15) is 9.90 Å². The zero-order valence-corrected chi connectivity index (χ0v) is 14.5. The maximum Gasteiger partial charge on any atom is 0.254 e. The average molecular weight is 332 g/mol. The molecule has 3 rings (SSSR count). The molecule has 1 unspecified atom stereocenters. The van der Waals surface area contributed by atoms with Gasteiger partial charge in [-0.25, -0.2) is 4.98 Å². The summed E-state index contributed by atoms with van der Waals surface area (Å²) in [5, 5.41) is 9.27. The molecule has 0 spiro atoms. The highest BCUT2D eigenvalue weighted by Crippen LogP contribution is 2.23. The number of nitrogens with zero attached hydrogens (tertiary/aromatic N) is 4. The largest absolute Gasteiger partial charge is 0.396 e. The number of piperazine rings is 1. The van der Waals surface area contributed by atoms with E-state index in [-0.39, 0.29) is 18.6 Å². The van der Waals surface area contributed by atoms with Crippen molar-refractivity contribution < 1.29 is 9.90 Å². The molecule has 1 amide bonds. The number of amides is 1. The van der Waals surface area contributed by atoms with E-state index in [2.05, 4.69) is 21.8 Å². The molecule has 1 N–H and O–H groups in total. The van der Waals surface area contributed by atoms with Gasteiger partial charge in [-0.2, -0.15) is 0 Å². The fraction of sp³-hybridized carbons (Fsp3) is 0.667. The van der Waals surface area contributed by atoms with Crippen LogP contribution in [-0.4, -0.2) is 78.2 Å². The number of likely N-dealkylation sites (N-methyl/N-ethyl adjacent to an activating group) is 1. The number of likely N-dealkylation sites (tertiary alicyclic amines) is 1. The summed E-state index contributed by atoms with van der Waals surface area (Å²) in [4.78, 5) is 23.9. The molecule has 3 heterocycles. The molecular formula is C18H28N4O2. The number of piperidine rings is 1. The van der Waals surface area contributed by atoms with Crippen molar-refractivity contribution in [2.45, 2.75) is 31.7 Å². The summed E-state index contributed by atoms with van der Waals surface area (Å²) in [6.07, 6.45) is 5.58. The molecule has 6 nitrogen and oxygen atoms in total. The Morgan fingerprint density at radius 3 is 2.79 bits per heavy atom. The fourth-order valence-electron chi connectivity index (χ4n) is 3.64. The van der Waals surface area contributed by atoms with Crippen molar-refractivity contribution >= 4 is 11.7 Å². The predicted octanol–water partition coefficient (Wildman–Crippen LogP) is 1.21. The Kier molecular flexibility index (Phi) is 5.68. The molecule has 2 aliphatic heterocycles. The third-order valence-corrected chi connectivity index (χ3v) is 5.17. The van der Waals surface area contributed by atoms with E-state index in [1.165, 1.54) is 0 Å². The van der Waals surface area contributed by atoms with Crippen molar-refractivity contribution in [3.8, 4) is 0 Å². The molecule has 1 aromatic heterocycles. The summed E-state index contributed by atoms with van der Waals surface area (Å²) in [6.45, 7) is 4.85. The SMILES string of the molecule is CN1CCN(c2cc(C(=O)N3CCCCC3CCO)ccn2)CC1. The zero-order chi connectivity index (χ0) is 16.9. The maximum absolute atomic E-state index is 13.0. The van der Waals surface area contributed by atoms with Crippen LogP contribution in [0.3, 0.4) is 0 Å². The molecule has 0 bridgehead atoms. The lowest BCUT2D eigenvalue weighted by molar-refractivity contribution is 0.0574. The lowest BCUT2D eigenvalue weighted by Crippen LogP contribution is -2.45. The number of hydrogen-bond acceptors (Lipinski definition) is 5. The molecular weight excluding hydrogens is 304 g/mol. The average Bonchev–Trinajstić information content (AvgIpc) is 2.63. The van der Waals surface area contributed by atoms with Crippen LogP contribution in [0.2, 0.25) is 0 Å². The first-order valence-electron chi connectivity index (χ1n) is 9.00. The normalized spacial score (nSPS) is 22.7. The first-order valence-corrected chi connectivity index (χ1v) is 9.00. The van der Waals surface area contributed by atoms with Gasteiger partial charge in [0, 0.05) is 57.1 Å². The van der Waals surface area contributed by atoms with E-state index in [1.807, 2.05) is 17.0 Å². The van der Waals surface area contributed by atoms with E-state index in [0.717, 1.165) is 57.8 Å². The standard InChI is InChI=1S/C18H28N4O2/c1-20-9-11-21(12-10-20)17-14-15(5-7-19-17)18(24)22-8-3-2-4-16(22)6-13-23/h5,7,14,16,23H,2-4,6,8-13H2,1H3. The number of hydrogen-bond donors (Lipinski definition) is 1. The highest BCUT2D eigenvalue weighted by atomic mass is 16.3. The number of aromatic nitrogens is 1. The lowest BCUT2D eigenvalue weighted by atomic mass is 9.98. The van der Waals surface area contributed by atoms with Gasteiger partial charge in [0.25, 0.3) is 5.91 Å². The Balaban J connectivity index is 1.73. The van der Waals surface area contributed by atoms with Crippen LogP contribution in [0.25, 0.3) is 0 Å². The molecule has 0 radical (unpaired) electrons. The summed E-state index contributed by atoms with van der Waals surface area (Å²) >= 11 is 0. The van der Waals surface area contributed by atoms with Gasteiger partial charge in [0.05, 0.1) is 0 Å². The second kappa shape index (κ2) is 7.94. The first kappa shape index (κ1) is 17.2. The molecule has 2 aliphatic rings. The van der Waals surface area contributed by atoms with Crippen molar-refractivity contribution in [3.63, 3.8) is 0 Å². The summed E-state index contributed by atoms with van der Waals surface area (Å²) < 4.78 is 0. The number of aliphatic hydroxyl groups excluding tert-OH is 1. The minimum absolute atomic E-state index is 0.0749. The summed E-state index contributed by atoms with van der Waals surface area (Å²) in [7, 11) is 2.13. The van der Waals surface area contributed by atoms with E-state index < -0.39 is 0 Å². The number of carbonyl (C=O) groups excluding carboxylic acids is 1. The fourth-order valence-corrected chi connectivity index (χ4v) is 3.64. The quantitative estimate of drug-likeness (QED) is 0.898. The number of aliphatic hydroxyl groups is 1. The van der Waals surface area contributed by atoms with E-state index in [1.54, 1.807) is 6.20 Å². The van der Waals surface area contributed by atoms with Crippen LogP contribution in [0.15, 0.2) is 18.3 Å². The smallest absolute Gasteiger partial charge is 0.254 e. The van der Waals surface area contributed by atoms with Crippen molar-refractivity contribution in [2.24, 2.45) is 0 Å². The maximum atomic E-state index is 13.0. The first-order chi connectivity index (χ1) is 11.7. The van der Waals surface area contributed by atoms with Crippen LogP contribution in [0.4, 0.5) is 5.82 Å². The minimum atomic E-state index is 0.0749. The van der Waals surface area contributed by atoms with Gasteiger partial charge in [0.15, 0.2) is 0 Å². The zero-order valence-electron chi connectivity index (χ0n) is 14.5. The van der Waals surface area contributed by atoms with Gasteiger partial charge >= 0.3 is 0 Å². The van der Waals surface area contributed by atoms with E-state index >= 15 is 0 Å². The summed E-state index contributed by atoms with van der Waals surface area (Å²) in [6, 6.07) is 3.90. The van der Waals surface area contributed by atoms with E-state index in [4.69, 9.17) is 0 Å². The number of rotatable bonds is 4. The molecule has 132 valence electrons. The number of pyridine rings is 1. The molecule has 2 saturated heterocycles. The third-order valence-electron chi connectivity index (χ3n) is 5.17. The lowest BCUT2D eigenvalue weighted by Gasteiger charge is -2.36. The monoisotopic (exact) mass is 332 g/mol. The third kappa shape index (κ3) is 3.87. The van der Waals surface area contributed by atoms with Crippen LogP contribution in [0, 0.1) is 0 Å².